The van der Waals surface area contributed by atoms with E-state index in [0.29, 0.717) is 0 Å². The van der Waals surface area contributed by atoms with Crippen LogP contribution in [0.25, 0.3) is 0 Å². The number of ether oxygens (including phenoxy) is 2. The maximum Gasteiger partial charge on any atom is 0.193 e. The Morgan fingerprint density at radius 1 is 1.08 bits per heavy atom. The van der Waals surface area contributed by atoms with Gasteiger partial charge in [-0.1, -0.05) is 0 Å². The third-order valence-corrected chi connectivity index (χ3v) is 3.03. The Kier molecular flexibility index (Phi) is 9.11. The Bertz CT molecular complexity index is 725. The Hall–Kier alpha value is -2.10. The molecule has 0 aromatic heterocycles. The molecule has 0 aliphatic carbocycles. The fraction of sp³-hybridized carbons (Fsp3) is 0.278. The van der Waals surface area contributed by atoms with Gasteiger partial charge >= 0.3 is 0 Å². The van der Waals surface area contributed by atoms with Gasteiger partial charge in [-0.2, -0.15) is 0 Å². The minimum Gasteiger partial charge on any atom is -0.492 e. The number of aliphatic imine (C=N–C) groups is 1. The molecule has 0 bridgehead atoms. The largest absolute Gasteiger partial charge is 0.492 e. The lowest BCUT2D eigenvalue weighted by atomic mass is 10.3. The van der Waals surface area contributed by atoms with E-state index >= 15 is 0 Å². The van der Waals surface area contributed by atoms with Crippen LogP contribution in [0.4, 0.5) is 14.5 Å². The van der Waals surface area contributed by atoms with Crippen LogP contribution in [0.15, 0.2) is 47.5 Å². The molecule has 142 valence electrons. The van der Waals surface area contributed by atoms with E-state index in [1.165, 1.54) is 6.07 Å². The van der Waals surface area contributed by atoms with Crippen LogP contribution >= 0.6 is 24.0 Å². The van der Waals surface area contributed by atoms with Crippen molar-refractivity contribution in [2.75, 3.05) is 18.5 Å². The van der Waals surface area contributed by atoms with Gasteiger partial charge in [-0.15, -0.1) is 24.0 Å². The van der Waals surface area contributed by atoms with Crippen molar-refractivity contribution in [3.05, 3.63) is 54.1 Å². The van der Waals surface area contributed by atoms with Crippen LogP contribution < -0.4 is 20.5 Å². The number of rotatable bonds is 7. The summed E-state index contributed by atoms with van der Waals surface area (Å²) in [6, 6.07) is 10.7. The van der Waals surface area contributed by atoms with Gasteiger partial charge in [0.1, 0.15) is 18.1 Å². The second-order valence-corrected chi connectivity index (χ2v) is 5.51. The summed E-state index contributed by atoms with van der Waals surface area (Å²) >= 11 is 0. The highest BCUT2D eigenvalue weighted by Crippen LogP contribution is 2.17. The minimum atomic E-state index is -0.952. The van der Waals surface area contributed by atoms with E-state index in [1.54, 1.807) is 0 Å². The molecule has 0 unspecified atom stereocenters. The molecule has 0 radical (unpaired) electrons. The molecule has 5 nitrogen and oxygen atoms in total. The van der Waals surface area contributed by atoms with Crippen LogP contribution in [0.5, 0.6) is 11.5 Å². The topological polar surface area (TPSA) is 68.9 Å². The zero-order valence-electron chi connectivity index (χ0n) is 14.5. The molecular weight excluding hydrogens is 455 g/mol. The predicted octanol–water partition coefficient (Wildman–Crippen LogP) is 4.18. The van der Waals surface area contributed by atoms with E-state index < -0.39 is 11.6 Å². The summed E-state index contributed by atoms with van der Waals surface area (Å²) in [5, 5.41) is 2.94. The van der Waals surface area contributed by atoms with Crippen molar-refractivity contribution in [3.63, 3.8) is 0 Å². The average molecular weight is 477 g/mol. The standard InChI is InChI=1S/C18H21F2N3O2.HI/c1-12(2)25-14-5-3-13(4-6-14)23-18(21)22-9-10-24-15-7-8-16(19)17(20)11-15;/h3-8,11-12H,9-10H2,1-2H3,(H3,21,22,23);1H. The first kappa shape index (κ1) is 21.9. The van der Waals surface area contributed by atoms with E-state index in [2.05, 4.69) is 10.3 Å². The maximum absolute atomic E-state index is 13.0. The van der Waals surface area contributed by atoms with E-state index in [0.717, 1.165) is 23.6 Å². The van der Waals surface area contributed by atoms with Gasteiger partial charge in [0, 0.05) is 11.8 Å². The Labute approximate surface area is 168 Å². The van der Waals surface area contributed by atoms with Crippen LogP contribution in [0.1, 0.15) is 13.8 Å². The molecule has 0 saturated heterocycles. The number of hydrogen-bond acceptors (Lipinski definition) is 3. The maximum atomic E-state index is 13.0. The lowest BCUT2D eigenvalue weighted by molar-refractivity contribution is 0.242. The molecule has 0 amide bonds. The fourth-order valence-electron chi connectivity index (χ4n) is 1.97. The number of benzene rings is 2. The van der Waals surface area contributed by atoms with E-state index in [9.17, 15) is 8.78 Å². The highest BCUT2D eigenvalue weighted by molar-refractivity contribution is 14.0. The predicted molar refractivity (Wildman–Crippen MR) is 110 cm³/mol. The Morgan fingerprint density at radius 3 is 2.35 bits per heavy atom. The van der Waals surface area contributed by atoms with Gasteiger partial charge in [0.15, 0.2) is 17.6 Å². The first-order chi connectivity index (χ1) is 11.9. The lowest BCUT2D eigenvalue weighted by Crippen LogP contribution is -2.23. The summed E-state index contributed by atoms with van der Waals surface area (Å²) in [7, 11) is 0. The number of guanidine groups is 1. The van der Waals surface area contributed by atoms with Crippen molar-refractivity contribution in [2.24, 2.45) is 10.7 Å². The first-order valence-corrected chi connectivity index (χ1v) is 7.85. The molecule has 0 aliphatic heterocycles. The zero-order valence-corrected chi connectivity index (χ0v) is 16.9. The summed E-state index contributed by atoms with van der Waals surface area (Å²) in [4.78, 5) is 4.10. The molecular formula is C18H22F2IN3O2. The third-order valence-electron chi connectivity index (χ3n) is 3.03. The molecule has 0 aliphatic rings. The summed E-state index contributed by atoms with van der Waals surface area (Å²) in [5.74, 6) is -0.625. The third kappa shape index (κ3) is 7.42. The van der Waals surface area contributed by atoms with Gasteiger partial charge < -0.3 is 20.5 Å². The lowest BCUT2D eigenvalue weighted by Gasteiger charge is -2.11. The van der Waals surface area contributed by atoms with Gasteiger partial charge in [-0.3, -0.25) is 0 Å². The number of nitrogens with two attached hydrogens (primary N) is 1. The molecule has 0 heterocycles. The van der Waals surface area contributed by atoms with Crippen LogP contribution in [-0.2, 0) is 0 Å². The molecule has 0 saturated carbocycles. The van der Waals surface area contributed by atoms with E-state index in [4.69, 9.17) is 15.2 Å². The fourth-order valence-corrected chi connectivity index (χ4v) is 1.97. The van der Waals surface area contributed by atoms with Crippen LogP contribution in [0.3, 0.4) is 0 Å². The Morgan fingerprint density at radius 2 is 1.73 bits per heavy atom. The van der Waals surface area contributed by atoms with E-state index in [1.807, 2.05) is 38.1 Å². The van der Waals surface area contributed by atoms with Gasteiger partial charge in [0.25, 0.3) is 0 Å². The van der Waals surface area contributed by atoms with Crippen molar-refractivity contribution in [1.82, 2.24) is 0 Å². The molecule has 0 fully saturated rings. The molecule has 3 N–H and O–H groups in total. The highest BCUT2D eigenvalue weighted by atomic mass is 127. The number of anilines is 1. The number of halogens is 3. The summed E-state index contributed by atoms with van der Waals surface area (Å²) in [6.45, 7) is 4.37. The van der Waals surface area contributed by atoms with Crippen molar-refractivity contribution in [1.29, 1.82) is 0 Å². The van der Waals surface area contributed by atoms with Crippen LogP contribution in [-0.4, -0.2) is 25.2 Å². The monoisotopic (exact) mass is 477 g/mol. The number of nitrogens with zero attached hydrogens (tertiary/aromatic N) is 1. The van der Waals surface area contributed by atoms with Crippen LogP contribution in [0, 0.1) is 11.6 Å². The molecule has 8 heteroatoms. The van der Waals surface area contributed by atoms with Gasteiger partial charge in [-0.05, 0) is 50.2 Å². The van der Waals surface area contributed by atoms with Crippen molar-refractivity contribution >= 4 is 35.6 Å². The van der Waals surface area contributed by atoms with Crippen molar-refractivity contribution in [3.8, 4) is 11.5 Å². The summed E-state index contributed by atoms with van der Waals surface area (Å²) < 4.78 is 36.7. The molecule has 2 rings (SSSR count). The first-order valence-electron chi connectivity index (χ1n) is 7.85. The van der Waals surface area contributed by atoms with Gasteiger partial charge in [-0.25, -0.2) is 13.8 Å². The quantitative estimate of drug-likeness (QED) is 0.272. The second-order valence-electron chi connectivity index (χ2n) is 5.51. The average Bonchev–Trinajstić information content (AvgIpc) is 2.56. The molecule has 2 aromatic rings. The van der Waals surface area contributed by atoms with Gasteiger partial charge in [0.2, 0.25) is 0 Å². The smallest absolute Gasteiger partial charge is 0.193 e. The summed E-state index contributed by atoms with van der Waals surface area (Å²) in [6.07, 6.45) is 0.111. The van der Waals surface area contributed by atoms with Crippen LogP contribution in [0.2, 0.25) is 0 Å². The van der Waals surface area contributed by atoms with Gasteiger partial charge in [0.05, 0.1) is 12.6 Å². The Balaban J connectivity index is 0.00000338. The normalized spacial score (nSPS) is 11.0. The van der Waals surface area contributed by atoms with Crippen molar-refractivity contribution < 1.29 is 18.3 Å². The van der Waals surface area contributed by atoms with Crippen molar-refractivity contribution in [2.45, 2.75) is 20.0 Å². The summed E-state index contributed by atoms with van der Waals surface area (Å²) in [5.41, 5.74) is 6.57. The SMILES string of the molecule is CC(C)Oc1ccc(NC(N)=NCCOc2ccc(F)c(F)c2)cc1.I. The minimum absolute atomic E-state index is 0. The van der Waals surface area contributed by atoms with E-state index in [-0.39, 0.29) is 54.9 Å². The number of hydrogen-bond donors (Lipinski definition) is 2. The molecule has 0 atom stereocenters. The molecule has 2 aromatic carbocycles. The molecule has 26 heavy (non-hydrogen) atoms. The second kappa shape index (κ2) is 10.8. The number of nitrogens with one attached hydrogen (secondary N) is 1. The molecule has 0 spiro atoms. The zero-order chi connectivity index (χ0) is 18.2. The highest BCUT2D eigenvalue weighted by Gasteiger charge is 2.03.